The first-order chi connectivity index (χ1) is 6.48. The molecule has 92 valence electrons. The second-order valence-electron chi connectivity index (χ2n) is 6.63. The van der Waals surface area contributed by atoms with Crippen molar-refractivity contribution in [2.75, 3.05) is 4.05 Å². The lowest BCUT2D eigenvalue weighted by molar-refractivity contribution is 0.198. The molecule has 0 unspecified atom stereocenters. The fourth-order valence-electron chi connectivity index (χ4n) is 2.31. The van der Waals surface area contributed by atoms with Crippen molar-refractivity contribution in [3.8, 4) is 0 Å². The smallest absolute Gasteiger partial charge is 0.213 e. The molecule has 0 aliphatic rings. The summed E-state index contributed by atoms with van der Waals surface area (Å²) in [5, 5.41) is 0.577. The molecule has 0 spiro atoms. The van der Waals surface area contributed by atoms with Gasteiger partial charge in [-0.05, 0) is 23.9 Å². The van der Waals surface area contributed by atoms with Gasteiger partial charge in [-0.2, -0.15) is 0 Å². The zero-order chi connectivity index (χ0) is 12.5. The van der Waals surface area contributed by atoms with E-state index in [2.05, 4.69) is 78.0 Å². The van der Waals surface area contributed by atoms with Crippen LogP contribution >= 0.6 is 22.6 Å². The highest BCUT2D eigenvalue weighted by Gasteiger charge is 2.54. The Morgan fingerprint density at radius 1 is 1.00 bits per heavy atom. The van der Waals surface area contributed by atoms with Gasteiger partial charge in [-0.25, -0.2) is 0 Å². The molecule has 3 heteroatoms. The van der Waals surface area contributed by atoms with Gasteiger partial charge in [0.2, 0.25) is 8.32 Å². The molecule has 0 aliphatic heterocycles. The van der Waals surface area contributed by atoms with E-state index in [0.717, 1.165) is 4.05 Å². The van der Waals surface area contributed by atoms with Crippen molar-refractivity contribution in [3.05, 3.63) is 0 Å². The van der Waals surface area contributed by atoms with E-state index in [1.54, 1.807) is 0 Å². The monoisotopic (exact) mass is 342 g/mol. The summed E-state index contributed by atoms with van der Waals surface area (Å²) in [6.45, 7) is 18.3. The molecule has 0 bridgehead atoms. The molecular formula is C12H27IOSi. The van der Waals surface area contributed by atoms with Crippen LogP contribution in [0.25, 0.3) is 0 Å². The number of hydrogen-bond acceptors (Lipinski definition) is 1. The summed E-state index contributed by atoms with van der Waals surface area (Å²) in [7, 11) is -1.75. The maximum Gasteiger partial charge on any atom is 0.213 e. The van der Waals surface area contributed by atoms with Gasteiger partial charge in [0, 0.05) is 10.2 Å². The molecule has 0 aromatic heterocycles. The third kappa shape index (κ3) is 3.43. The Morgan fingerprint density at radius 3 is 1.40 bits per heavy atom. The van der Waals surface area contributed by atoms with Crippen molar-refractivity contribution in [3.63, 3.8) is 0 Å². The normalized spacial score (nSPS) is 14.8. The number of rotatable bonds is 3. The minimum atomic E-state index is -1.75. The van der Waals surface area contributed by atoms with Crippen LogP contribution in [0.1, 0.15) is 55.4 Å². The molecule has 0 N–H and O–H groups in total. The average molecular weight is 342 g/mol. The largest absolute Gasteiger partial charge is 0.413 e. The number of halogens is 1. The van der Waals surface area contributed by atoms with Gasteiger partial charge in [0.25, 0.3) is 0 Å². The zero-order valence-electron chi connectivity index (χ0n) is 11.6. The highest BCUT2D eigenvalue weighted by Crippen LogP contribution is 2.52. The predicted molar refractivity (Wildman–Crippen MR) is 80.3 cm³/mol. The molecule has 0 radical (unpaired) electrons. The Morgan fingerprint density at radius 2 is 1.33 bits per heavy atom. The molecule has 0 fully saturated rings. The molecule has 0 saturated heterocycles. The van der Waals surface area contributed by atoms with Crippen molar-refractivity contribution in [2.45, 2.75) is 71.6 Å². The fraction of sp³-hybridized carbons (Fsp3) is 1.00. The van der Waals surface area contributed by atoms with Crippen molar-refractivity contribution >= 4 is 30.9 Å². The quantitative estimate of drug-likeness (QED) is 0.401. The Bertz CT molecular complexity index is 187. The van der Waals surface area contributed by atoms with Crippen LogP contribution < -0.4 is 0 Å². The summed E-state index contributed by atoms with van der Waals surface area (Å²) in [4.78, 5) is 0. The van der Waals surface area contributed by atoms with Crippen molar-refractivity contribution in [2.24, 2.45) is 0 Å². The lowest BCUT2D eigenvalue weighted by Crippen LogP contribution is -2.57. The highest BCUT2D eigenvalue weighted by atomic mass is 127. The first kappa shape index (κ1) is 15.9. The Balaban J connectivity index is 5.33. The van der Waals surface area contributed by atoms with Gasteiger partial charge in [0.05, 0.1) is 0 Å². The van der Waals surface area contributed by atoms with Crippen LogP contribution in [0.5, 0.6) is 0 Å². The van der Waals surface area contributed by atoms with E-state index in [9.17, 15) is 0 Å². The average Bonchev–Trinajstić information content (AvgIpc) is 1.94. The van der Waals surface area contributed by atoms with Gasteiger partial charge in [0.15, 0.2) is 0 Å². The van der Waals surface area contributed by atoms with Gasteiger partial charge in [0.1, 0.15) is 0 Å². The number of alkyl halides is 1. The second kappa shape index (κ2) is 5.04. The van der Waals surface area contributed by atoms with Gasteiger partial charge < -0.3 is 4.43 Å². The third-order valence-corrected chi connectivity index (χ3v) is 12.4. The Labute approximate surface area is 111 Å². The van der Waals surface area contributed by atoms with E-state index < -0.39 is 8.32 Å². The van der Waals surface area contributed by atoms with Crippen LogP contribution in [-0.4, -0.2) is 18.5 Å². The third-order valence-electron chi connectivity index (χ3n) is 3.05. The molecule has 0 aromatic carbocycles. The molecule has 1 nitrogen and oxygen atoms in total. The molecule has 0 heterocycles. The minimum Gasteiger partial charge on any atom is -0.413 e. The number of hydrogen-bond donors (Lipinski definition) is 0. The molecule has 0 aliphatic carbocycles. The van der Waals surface area contributed by atoms with Gasteiger partial charge in [-0.1, -0.05) is 64.1 Å². The van der Waals surface area contributed by atoms with Crippen LogP contribution in [0.3, 0.4) is 0 Å². The van der Waals surface area contributed by atoms with Gasteiger partial charge in [-0.15, -0.1) is 0 Å². The first-order valence-electron chi connectivity index (χ1n) is 5.72. The summed E-state index contributed by atoms with van der Waals surface area (Å²) < 4.78 is 7.61. The molecule has 0 aromatic rings. The lowest BCUT2D eigenvalue weighted by Gasteiger charge is -2.50. The SMILES string of the molecule is CC(C)O[Si](CI)(C(C)(C)C)C(C)(C)C. The van der Waals surface area contributed by atoms with E-state index >= 15 is 0 Å². The second-order valence-corrected chi connectivity index (χ2v) is 14.1. The summed E-state index contributed by atoms with van der Waals surface area (Å²) >= 11 is 2.52. The van der Waals surface area contributed by atoms with E-state index in [1.807, 2.05) is 0 Å². The van der Waals surface area contributed by atoms with E-state index in [4.69, 9.17) is 4.43 Å². The summed E-state index contributed by atoms with van der Waals surface area (Å²) in [6.07, 6.45) is 0.338. The van der Waals surface area contributed by atoms with E-state index in [-0.39, 0.29) is 10.1 Å². The van der Waals surface area contributed by atoms with Crippen LogP contribution in [0.4, 0.5) is 0 Å². The molecular weight excluding hydrogens is 315 g/mol. The van der Waals surface area contributed by atoms with Crippen molar-refractivity contribution < 1.29 is 4.43 Å². The summed E-state index contributed by atoms with van der Waals surface area (Å²) in [6, 6.07) is 0. The van der Waals surface area contributed by atoms with Crippen LogP contribution in [0.15, 0.2) is 0 Å². The standard InChI is InChI=1S/C12H27IOSi/c1-10(2)14-15(9-13,11(3,4)5)12(6,7)8/h10H,9H2,1-8H3. The molecule has 0 amide bonds. The maximum atomic E-state index is 6.45. The maximum absolute atomic E-state index is 6.45. The lowest BCUT2D eigenvalue weighted by atomic mass is 10.2. The Kier molecular flexibility index (Phi) is 5.35. The molecule has 0 saturated carbocycles. The fourth-order valence-corrected chi connectivity index (χ4v) is 14.3. The predicted octanol–water partition coefficient (Wildman–Crippen LogP) is 4.93. The Hall–Kier alpha value is 0.907. The van der Waals surface area contributed by atoms with E-state index in [1.165, 1.54) is 0 Å². The highest BCUT2D eigenvalue weighted by molar-refractivity contribution is 14.1. The summed E-state index contributed by atoms with van der Waals surface area (Å²) in [5.74, 6) is 0. The van der Waals surface area contributed by atoms with Crippen molar-refractivity contribution in [1.29, 1.82) is 0 Å². The van der Waals surface area contributed by atoms with Crippen LogP contribution in [0.2, 0.25) is 10.1 Å². The van der Waals surface area contributed by atoms with E-state index in [0.29, 0.717) is 6.10 Å². The van der Waals surface area contributed by atoms with Crippen LogP contribution in [0, 0.1) is 0 Å². The van der Waals surface area contributed by atoms with Crippen molar-refractivity contribution in [1.82, 2.24) is 0 Å². The molecule has 0 atom stereocenters. The van der Waals surface area contributed by atoms with Gasteiger partial charge >= 0.3 is 0 Å². The molecule has 15 heavy (non-hydrogen) atoms. The van der Waals surface area contributed by atoms with Gasteiger partial charge in [-0.3, -0.25) is 0 Å². The topological polar surface area (TPSA) is 9.23 Å². The minimum absolute atomic E-state index is 0.288. The molecule has 0 rings (SSSR count). The summed E-state index contributed by atoms with van der Waals surface area (Å²) in [5.41, 5.74) is 0. The first-order valence-corrected chi connectivity index (χ1v) is 9.36. The van der Waals surface area contributed by atoms with Crippen LogP contribution in [-0.2, 0) is 4.43 Å². The zero-order valence-corrected chi connectivity index (χ0v) is 14.7.